The summed E-state index contributed by atoms with van der Waals surface area (Å²) in [6.07, 6.45) is 2.18. The van der Waals surface area contributed by atoms with Crippen LogP contribution in [0.1, 0.15) is 36.0 Å². The first kappa shape index (κ1) is 18.8. The van der Waals surface area contributed by atoms with Crippen molar-refractivity contribution >= 4 is 17.8 Å². The Morgan fingerprint density at radius 1 is 1.04 bits per heavy atom. The largest absolute Gasteiger partial charge is 0.481 e. The molecule has 0 spiro atoms. The van der Waals surface area contributed by atoms with Gasteiger partial charge in [-0.2, -0.15) is 0 Å². The highest BCUT2D eigenvalue weighted by molar-refractivity contribution is 5.94. The Kier molecular flexibility index (Phi) is 6.44. The van der Waals surface area contributed by atoms with Crippen molar-refractivity contribution in [3.63, 3.8) is 0 Å². The zero-order chi connectivity index (χ0) is 18.4. The van der Waals surface area contributed by atoms with Crippen LogP contribution < -0.4 is 10.6 Å². The molecule has 1 aromatic rings. The SMILES string of the molecule is O=C(NCCNC(=O)C1CCCC(C(=O)O)C1)c1c(F)cccc1F. The second-order valence-corrected chi connectivity index (χ2v) is 6.04. The smallest absolute Gasteiger partial charge is 0.306 e. The molecule has 0 heterocycles. The molecule has 0 aliphatic heterocycles. The summed E-state index contributed by atoms with van der Waals surface area (Å²) in [5.74, 6) is -4.84. The van der Waals surface area contributed by atoms with Crippen molar-refractivity contribution in [1.29, 1.82) is 0 Å². The molecule has 0 radical (unpaired) electrons. The van der Waals surface area contributed by atoms with Gasteiger partial charge in [-0.15, -0.1) is 0 Å². The molecule has 1 saturated carbocycles. The predicted molar refractivity (Wildman–Crippen MR) is 84.8 cm³/mol. The van der Waals surface area contributed by atoms with E-state index in [4.69, 9.17) is 5.11 Å². The maximum atomic E-state index is 13.5. The van der Waals surface area contributed by atoms with Crippen molar-refractivity contribution in [2.24, 2.45) is 11.8 Å². The lowest BCUT2D eigenvalue weighted by molar-refractivity contribution is -0.144. The molecule has 0 saturated heterocycles. The Morgan fingerprint density at radius 2 is 1.64 bits per heavy atom. The molecule has 2 unspecified atom stereocenters. The number of amides is 2. The van der Waals surface area contributed by atoms with Gasteiger partial charge in [0, 0.05) is 19.0 Å². The number of carboxylic acid groups (broad SMARTS) is 1. The van der Waals surface area contributed by atoms with E-state index in [2.05, 4.69) is 10.6 Å². The van der Waals surface area contributed by atoms with Gasteiger partial charge in [-0.1, -0.05) is 12.5 Å². The van der Waals surface area contributed by atoms with Crippen molar-refractivity contribution in [2.45, 2.75) is 25.7 Å². The van der Waals surface area contributed by atoms with Crippen LogP contribution in [0.15, 0.2) is 18.2 Å². The summed E-state index contributed by atoms with van der Waals surface area (Å²) in [6, 6.07) is 3.14. The first-order valence-corrected chi connectivity index (χ1v) is 8.13. The number of hydrogen-bond donors (Lipinski definition) is 3. The fourth-order valence-electron chi connectivity index (χ4n) is 2.96. The number of rotatable bonds is 6. The fraction of sp³-hybridized carbons (Fsp3) is 0.471. The second-order valence-electron chi connectivity index (χ2n) is 6.04. The lowest BCUT2D eigenvalue weighted by atomic mass is 9.81. The Bertz CT molecular complexity index is 646. The monoisotopic (exact) mass is 354 g/mol. The van der Waals surface area contributed by atoms with E-state index < -0.39 is 35.0 Å². The van der Waals surface area contributed by atoms with Gasteiger partial charge in [0.15, 0.2) is 0 Å². The molecule has 1 aliphatic carbocycles. The minimum Gasteiger partial charge on any atom is -0.481 e. The van der Waals surface area contributed by atoms with Gasteiger partial charge in [0.2, 0.25) is 5.91 Å². The van der Waals surface area contributed by atoms with Gasteiger partial charge in [0.25, 0.3) is 5.91 Å². The van der Waals surface area contributed by atoms with E-state index >= 15 is 0 Å². The molecule has 25 heavy (non-hydrogen) atoms. The van der Waals surface area contributed by atoms with E-state index in [1.54, 1.807) is 0 Å². The minimum atomic E-state index is -0.955. The first-order valence-electron chi connectivity index (χ1n) is 8.13. The van der Waals surface area contributed by atoms with Crippen LogP contribution in [0.2, 0.25) is 0 Å². The van der Waals surface area contributed by atoms with Crippen LogP contribution in [-0.4, -0.2) is 36.0 Å². The van der Waals surface area contributed by atoms with Crippen molar-refractivity contribution < 1.29 is 28.3 Å². The standard InChI is InChI=1S/C17H20F2N2O4/c18-12-5-2-6-13(19)14(12)16(23)21-8-7-20-15(22)10-3-1-4-11(9-10)17(24)25/h2,5-6,10-11H,1,3-4,7-9H2,(H,20,22)(H,21,23)(H,24,25). The van der Waals surface area contributed by atoms with E-state index in [1.807, 2.05) is 0 Å². The molecule has 136 valence electrons. The maximum Gasteiger partial charge on any atom is 0.306 e. The second kappa shape index (κ2) is 8.55. The summed E-state index contributed by atoms with van der Waals surface area (Å²) in [5.41, 5.74) is -0.662. The van der Waals surface area contributed by atoms with Crippen molar-refractivity contribution in [3.05, 3.63) is 35.4 Å². The number of benzene rings is 1. The normalized spacial score (nSPS) is 19.9. The van der Waals surface area contributed by atoms with E-state index in [9.17, 15) is 23.2 Å². The average Bonchev–Trinajstić information content (AvgIpc) is 2.58. The number of carboxylic acids is 1. The van der Waals surface area contributed by atoms with Crippen molar-refractivity contribution in [3.8, 4) is 0 Å². The molecule has 8 heteroatoms. The zero-order valence-corrected chi connectivity index (χ0v) is 13.6. The van der Waals surface area contributed by atoms with Gasteiger partial charge in [0.05, 0.1) is 5.92 Å². The van der Waals surface area contributed by atoms with Gasteiger partial charge in [-0.05, 0) is 31.4 Å². The van der Waals surface area contributed by atoms with Gasteiger partial charge < -0.3 is 15.7 Å². The quantitative estimate of drug-likeness (QED) is 0.678. The molecule has 2 atom stereocenters. The van der Waals surface area contributed by atoms with Crippen LogP contribution in [-0.2, 0) is 9.59 Å². The third kappa shape index (κ3) is 4.98. The van der Waals surface area contributed by atoms with Crippen molar-refractivity contribution in [1.82, 2.24) is 10.6 Å². The third-order valence-electron chi connectivity index (χ3n) is 4.29. The van der Waals surface area contributed by atoms with E-state index in [0.29, 0.717) is 25.7 Å². The molecule has 1 fully saturated rings. The molecular weight excluding hydrogens is 334 g/mol. The summed E-state index contributed by atoms with van der Waals surface area (Å²) >= 11 is 0. The molecule has 6 nitrogen and oxygen atoms in total. The lowest BCUT2D eigenvalue weighted by Crippen LogP contribution is -2.39. The third-order valence-corrected chi connectivity index (χ3v) is 4.29. The van der Waals surface area contributed by atoms with E-state index in [1.165, 1.54) is 0 Å². The van der Waals surface area contributed by atoms with Crippen LogP contribution in [0, 0.1) is 23.5 Å². The lowest BCUT2D eigenvalue weighted by Gasteiger charge is -2.25. The molecule has 0 bridgehead atoms. The molecule has 2 amide bonds. The number of hydrogen-bond acceptors (Lipinski definition) is 3. The number of nitrogens with one attached hydrogen (secondary N) is 2. The number of halogens is 2. The summed E-state index contributed by atoms with van der Waals surface area (Å²) in [5, 5.41) is 14.0. The summed E-state index contributed by atoms with van der Waals surface area (Å²) in [7, 11) is 0. The summed E-state index contributed by atoms with van der Waals surface area (Å²) < 4.78 is 26.9. The van der Waals surface area contributed by atoms with Gasteiger partial charge in [0.1, 0.15) is 17.2 Å². The van der Waals surface area contributed by atoms with Crippen LogP contribution in [0.25, 0.3) is 0 Å². The average molecular weight is 354 g/mol. The highest BCUT2D eigenvalue weighted by Gasteiger charge is 2.30. The predicted octanol–water partition coefficient (Wildman–Crippen LogP) is 1.70. The van der Waals surface area contributed by atoms with Crippen LogP contribution in [0.5, 0.6) is 0 Å². The maximum absolute atomic E-state index is 13.5. The molecule has 3 N–H and O–H groups in total. The molecule has 2 rings (SSSR count). The Balaban J connectivity index is 1.76. The first-order chi connectivity index (χ1) is 11.9. The highest BCUT2D eigenvalue weighted by atomic mass is 19.1. The zero-order valence-electron chi connectivity index (χ0n) is 13.6. The van der Waals surface area contributed by atoms with Gasteiger partial charge >= 0.3 is 5.97 Å². The molecule has 0 aromatic heterocycles. The summed E-state index contributed by atoms with van der Waals surface area (Å²) in [6.45, 7) is 0.0995. The van der Waals surface area contributed by atoms with Crippen LogP contribution in [0.3, 0.4) is 0 Å². The van der Waals surface area contributed by atoms with E-state index in [-0.39, 0.29) is 24.9 Å². The molecule has 1 aliphatic rings. The van der Waals surface area contributed by atoms with Gasteiger partial charge in [-0.3, -0.25) is 14.4 Å². The van der Waals surface area contributed by atoms with Gasteiger partial charge in [-0.25, -0.2) is 8.78 Å². The fourth-order valence-corrected chi connectivity index (χ4v) is 2.96. The Hall–Kier alpha value is -2.51. The number of carbonyl (C=O) groups excluding carboxylic acids is 2. The Morgan fingerprint density at radius 3 is 2.28 bits per heavy atom. The van der Waals surface area contributed by atoms with Crippen molar-refractivity contribution in [2.75, 3.05) is 13.1 Å². The number of carbonyl (C=O) groups is 3. The molecular formula is C17H20F2N2O4. The Labute approximate surface area is 143 Å². The van der Waals surface area contributed by atoms with Crippen LogP contribution >= 0.6 is 0 Å². The minimum absolute atomic E-state index is 0.00737. The number of aliphatic carboxylic acids is 1. The van der Waals surface area contributed by atoms with E-state index in [0.717, 1.165) is 18.2 Å². The van der Waals surface area contributed by atoms with Crippen LogP contribution in [0.4, 0.5) is 8.78 Å². The summed E-state index contributed by atoms with van der Waals surface area (Å²) in [4.78, 5) is 34.8. The topological polar surface area (TPSA) is 95.5 Å². The molecule has 1 aromatic carbocycles. The highest BCUT2D eigenvalue weighted by Crippen LogP contribution is 2.29.